The first kappa shape index (κ1) is 13.2. The average molecular weight is 236 g/mol. The Balaban J connectivity index is 2.89. The molecule has 17 heavy (non-hydrogen) atoms. The predicted molar refractivity (Wildman–Crippen MR) is 62.8 cm³/mol. The predicted octanol–water partition coefficient (Wildman–Crippen LogP) is 2.49. The first-order valence-electron chi connectivity index (χ1n) is 5.57. The Labute approximate surface area is 100 Å². The summed E-state index contributed by atoms with van der Waals surface area (Å²) in [6.07, 6.45) is 0.495. The first-order valence-corrected chi connectivity index (χ1v) is 5.57. The highest BCUT2D eigenvalue weighted by atomic mass is 16.6. The molecule has 0 aliphatic rings. The van der Waals surface area contributed by atoms with E-state index in [4.69, 9.17) is 9.84 Å². The summed E-state index contributed by atoms with van der Waals surface area (Å²) in [5, 5.41) is 9.14. The molecule has 0 unspecified atom stereocenters. The quantitative estimate of drug-likeness (QED) is 0.798. The summed E-state index contributed by atoms with van der Waals surface area (Å²) in [7, 11) is 0. The van der Waals surface area contributed by atoms with E-state index in [9.17, 15) is 9.59 Å². The summed E-state index contributed by atoms with van der Waals surface area (Å²) < 4.78 is 5.15. The molecule has 0 heterocycles. The molecule has 92 valence electrons. The first-order chi connectivity index (χ1) is 8.05. The van der Waals surface area contributed by atoms with Gasteiger partial charge in [-0.15, -0.1) is 0 Å². The molecule has 1 aromatic carbocycles. The smallest absolute Gasteiger partial charge is 0.348 e. The molecule has 4 heteroatoms. The van der Waals surface area contributed by atoms with Gasteiger partial charge in [0.2, 0.25) is 5.60 Å². The Hall–Kier alpha value is -1.84. The molecule has 0 atom stereocenters. The van der Waals surface area contributed by atoms with E-state index >= 15 is 0 Å². The molecule has 0 saturated heterocycles. The average Bonchev–Trinajstić information content (AvgIpc) is 2.36. The number of benzene rings is 1. The summed E-state index contributed by atoms with van der Waals surface area (Å²) in [6.45, 7) is 3.38. The lowest BCUT2D eigenvalue weighted by molar-refractivity contribution is -0.160. The monoisotopic (exact) mass is 236 g/mol. The molecule has 1 N–H and O–H groups in total. The minimum Gasteiger partial charge on any atom is -0.478 e. The second-order valence-corrected chi connectivity index (χ2v) is 3.76. The van der Waals surface area contributed by atoms with E-state index in [-0.39, 0.29) is 12.8 Å². The molecule has 0 radical (unpaired) electrons. The molecule has 0 aliphatic heterocycles. The molecule has 0 spiro atoms. The van der Waals surface area contributed by atoms with Crippen LogP contribution in [0.5, 0.6) is 0 Å². The van der Waals surface area contributed by atoms with E-state index in [1.165, 1.54) is 0 Å². The fraction of sp³-hybridized carbons (Fsp3) is 0.385. The SMILES string of the molecule is CCC(CC)(OC(=O)c1ccccc1)C(=O)O. The highest BCUT2D eigenvalue weighted by Crippen LogP contribution is 2.22. The van der Waals surface area contributed by atoms with Crippen molar-refractivity contribution < 1.29 is 19.4 Å². The lowest BCUT2D eigenvalue weighted by atomic mass is 9.97. The summed E-state index contributed by atoms with van der Waals surface area (Å²) in [4.78, 5) is 23.0. The molecule has 0 aliphatic carbocycles. The third-order valence-corrected chi connectivity index (χ3v) is 2.83. The van der Waals surface area contributed by atoms with Gasteiger partial charge in [0.25, 0.3) is 0 Å². The van der Waals surface area contributed by atoms with Crippen LogP contribution in [0.25, 0.3) is 0 Å². The van der Waals surface area contributed by atoms with Gasteiger partial charge in [-0.3, -0.25) is 0 Å². The van der Waals surface area contributed by atoms with Crippen LogP contribution >= 0.6 is 0 Å². The van der Waals surface area contributed by atoms with Crippen LogP contribution in [0.3, 0.4) is 0 Å². The number of carbonyl (C=O) groups is 2. The van der Waals surface area contributed by atoms with Crippen LogP contribution in [0.4, 0.5) is 0 Å². The second kappa shape index (κ2) is 5.48. The highest BCUT2D eigenvalue weighted by molar-refractivity contribution is 5.92. The van der Waals surface area contributed by atoms with Crippen LogP contribution in [0, 0.1) is 0 Å². The van der Waals surface area contributed by atoms with E-state index in [0.717, 1.165) is 0 Å². The van der Waals surface area contributed by atoms with Gasteiger partial charge in [-0.05, 0) is 25.0 Å². The van der Waals surface area contributed by atoms with Crippen LogP contribution in [-0.2, 0) is 9.53 Å². The van der Waals surface area contributed by atoms with Gasteiger partial charge < -0.3 is 9.84 Å². The Kier molecular flexibility index (Phi) is 4.26. The molecule has 1 rings (SSSR count). The zero-order valence-electron chi connectivity index (χ0n) is 9.97. The van der Waals surface area contributed by atoms with E-state index in [0.29, 0.717) is 5.56 Å². The highest BCUT2D eigenvalue weighted by Gasteiger charge is 2.39. The van der Waals surface area contributed by atoms with Crippen molar-refractivity contribution in [1.82, 2.24) is 0 Å². The van der Waals surface area contributed by atoms with Gasteiger partial charge >= 0.3 is 11.9 Å². The van der Waals surface area contributed by atoms with Gasteiger partial charge in [-0.2, -0.15) is 0 Å². The molecule has 0 bridgehead atoms. The van der Waals surface area contributed by atoms with Crippen molar-refractivity contribution in [3.05, 3.63) is 35.9 Å². The van der Waals surface area contributed by atoms with Gasteiger partial charge in [0, 0.05) is 0 Å². The number of ether oxygens (including phenoxy) is 1. The summed E-state index contributed by atoms with van der Waals surface area (Å²) in [5.74, 6) is -1.71. The van der Waals surface area contributed by atoms with Crippen LogP contribution < -0.4 is 0 Å². The van der Waals surface area contributed by atoms with E-state index < -0.39 is 17.5 Å². The minimum absolute atomic E-state index is 0.247. The lowest BCUT2D eigenvalue weighted by Crippen LogP contribution is -2.42. The number of rotatable bonds is 5. The summed E-state index contributed by atoms with van der Waals surface area (Å²) in [6, 6.07) is 8.38. The standard InChI is InChI=1S/C13H16O4/c1-3-13(4-2,12(15)16)17-11(14)10-8-6-5-7-9-10/h5-9H,3-4H2,1-2H3,(H,15,16). The number of esters is 1. The van der Waals surface area contributed by atoms with Crippen molar-refractivity contribution in [3.8, 4) is 0 Å². The van der Waals surface area contributed by atoms with Gasteiger partial charge in [0.05, 0.1) is 5.56 Å². The summed E-state index contributed by atoms with van der Waals surface area (Å²) in [5.41, 5.74) is -1.06. The van der Waals surface area contributed by atoms with Crippen LogP contribution in [0.1, 0.15) is 37.0 Å². The Morgan fingerprint density at radius 2 is 1.71 bits per heavy atom. The van der Waals surface area contributed by atoms with Crippen molar-refractivity contribution in [2.45, 2.75) is 32.3 Å². The zero-order chi connectivity index (χ0) is 12.9. The van der Waals surface area contributed by atoms with Crippen molar-refractivity contribution in [1.29, 1.82) is 0 Å². The Morgan fingerprint density at radius 3 is 2.12 bits per heavy atom. The lowest BCUT2D eigenvalue weighted by Gasteiger charge is -2.26. The number of carboxylic acid groups (broad SMARTS) is 1. The van der Waals surface area contributed by atoms with Crippen molar-refractivity contribution in [3.63, 3.8) is 0 Å². The molecule has 1 aromatic rings. The third-order valence-electron chi connectivity index (χ3n) is 2.83. The van der Waals surface area contributed by atoms with Crippen molar-refractivity contribution >= 4 is 11.9 Å². The molecule has 0 saturated carbocycles. The Bertz CT molecular complexity index is 393. The van der Waals surface area contributed by atoms with Gasteiger partial charge in [0.1, 0.15) is 0 Å². The molecule has 4 nitrogen and oxygen atoms in total. The van der Waals surface area contributed by atoms with Crippen LogP contribution in [0.2, 0.25) is 0 Å². The summed E-state index contributed by atoms with van der Waals surface area (Å²) >= 11 is 0. The van der Waals surface area contributed by atoms with Gasteiger partial charge in [-0.25, -0.2) is 9.59 Å². The number of aliphatic carboxylic acids is 1. The van der Waals surface area contributed by atoms with Crippen molar-refractivity contribution in [2.75, 3.05) is 0 Å². The van der Waals surface area contributed by atoms with E-state index in [2.05, 4.69) is 0 Å². The largest absolute Gasteiger partial charge is 0.478 e. The molecular weight excluding hydrogens is 220 g/mol. The van der Waals surface area contributed by atoms with Crippen LogP contribution in [-0.4, -0.2) is 22.6 Å². The molecule has 0 aromatic heterocycles. The number of hydrogen-bond acceptors (Lipinski definition) is 3. The second-order valence-electron chi connectivity index (χ2n) is 3.76. The minimum atomic E-state index is -1.42. The maximum Gasteiger partial charge on any atom is 0.348 e. The van der Waals surface area contributed by atoms with Gasteiger partial charge in [-0.1, -0.05) is 32.0 Å². The van der Waals surface area contributed by atoms with Gasteiger partial charge in [0.15, 0.2) is 0 Å². The number of carbonyl (C=O) groups excluding carboxylic acids is 1. The fourth-order valence-corrected chi connectivity index (χ4v) is 1.55. The van der Waals surface area contributed by atoms with Crippen LogP contribution in [0.15, 0.2) is 30.3 Å². The van der Waals surface area contributed by atoms with Crippen molar-refractivity contribution in [2.24, 2.45) is 0 Å². The normalized spacial score (nSPS) is 10.9. The molecular formula is C13H16O4. The zero-order valence-corrected chi connectivity index (χ0v) is 9.97. The molecule has 0 fully saturated rings. The topological polar surface area (TPSA) is 63.6 Å². The maximum atomic E-state index is 11.8. The van der Waals surface area contributed by atoms with E-state index in [1.54, 1.807) is 44.2 Å². The molecule has 0 amide bonds. The number of hydrogen-bond donors (Lipinski definition) is 1. The van der Waals surface area contributed by atoms with E-state index in [1.807, 2.05) is 0 Å². The Morgan fingerprint density at radius 1 is 1.18 bits per heavy atom. The maximum absolute atomic E-state index is 11.8. The number of carboxylic acids is 1. The fourth-order valence-electron chi connectivity index (χ4n) is 1.55. The third kappa shape index (κ3) is 2.84.